The molecule has 2 aliphatic rings. The first-order valence-electron chi connectivity index (χ1n) is 21.9. The maximum atomic E-state index is 6.33. The average molecular weight is 811 g/mol. The van der Waals surface area contributed by atoms with Crippen LogP contribution in [0.2, 0.25) is 0 Å². The maximum absolute atomic E-state index is 6.33. The molecule has 8 bridgehead atoms. The zero-order chi connectivity index (χ0) is 42.9. The highest BCUT2D eigenvalue weighted by atomic mass is 16.5. The minimum atomic E-state index is 0.629. The van der Waals surface area contributed by atoms with Gasteiger partial charge in [0, 0.05) is 22.7 Å². The second-order valence-corrected chi connectivity index (χ2v) is 16.1. The number of aromatic amines is 2. The molecule has 5 aromatic rings. The number of nitrogens with zero attached hydrogens (tertiary/aromatic N) is 2. The lowest BCUT2D eigenvalue weighted by molar-refractivity contribution is 0.302. The first kappa shape index (κ1) is 42.7. The molecule has 5 heterocycles. The first-order valence-corrected chi connectivity index (χ1v) is 21.9. The zero-order valence-corrected chi connectivity index (χ0v) is 37.1. The monoisotopic (exact) mass is 810 g/mol. The Kier molecular flexibility index (Phi) is 13.8. The highest BCUT2D eigenvalue weighted by molar-refractivity contribution is 5.85. The Morgan fingerprint density at radius 1 is 0.475 bits per heavy atom. The van der Waals surface area contributed by atoms with Crippen molar-refractivity contribution in [1.82, 2.24) is 19.9 Å². The molecule has 7 rings (SSSR count). The van der Waals surface area contributed by atoms with E-state index >= 15 is 0 Å². The molecule has 2 aliphatic heterocycles. The molecule has 7 heteroatoms. The van der Waals surface area contributed by atoms with E-state index in [0.29, 0.717) is 13.2 Å². The molecule has 0 spiro atoms. The summed E-state index contributed by atoms with van der Waals surface area (Å²) in [6.45, 7) is 16.2. The van der Waals surface area contributed by atoms with Gasteiger partial charge < -0.3 is 24.2 Å². The second kappa shape index (κ2) is 19.7. The van der Waals surface area contributed by atoms with Gasteiger partial charge in [0.05, 0.1) is 70.8 Å². The van der Waals surface area contributed by atoms with Crippen molar-refractivity contribution < 1.29 is 14.2 Å². The summed E-state index contributed by atoms with van der Waals surface area (Å²) in [5.74, 6) is 16.4. The Bertz CT molecular complexity index is 2690. The predicted octanol–water partition coefficient (Wildman–Crippen LogP) is 12.9. The number of nitrogens with one attached hydrogen (secondary N) is 2. The van der Waals surface area contributed by atoms with E-state index in [4.69, 9.17) is 24.2 Å². The smallest absolute Gasteiger partial charge is 0.138 e. The van der Waals surface area contributed by atoms with Gasteiger partial charge in [0.2, 0.25) is 0 Å². The zero-order valence-electron chi connectivity index (χ0n) is 37.1. The minimum Gasteiger partial charge on any atom is -0.496 e. The van der Waals surface area contributed by atoms with Crippen LogP contribution in [0.4, 0.5) is 0 Å². The number of fused-ring (bicyclic) bond motifs is 8. The fraction of sp³-hybridized carbons (Fsp3) is 0.333. The third kappa shape index (κ3) is 9.96. The number of unbranched alkanes of at least 4 members (excludes halogenated alkanes) is 6. The molecule has 0 fully saturated rings. The maximum Gasteiger partial charge on any atom is 0.138 e. The van der Waals surface area contributed by atoms with Crippen molar-refractivity contribution >= 4 is 46.4 Å². The Balaban J connectivity index is 1.35. The molecule has 0 radical (unpaired) electrons. The fourth-order valence-electron chi connectivity index (χ4n) is 7.67. The molecular weight excluding hydrogens is 753 g/mol. The van der Waals surface area contributed by atoms with Gasteiger partial charge in [-0.3, -0.25) is 0 Å². The summed E-state index contributed by atoms with van der Waals surface area (Å²) in [6.07, 6.45) is 17.4. The topological polar surface area (TPSA) is 85.0 Å². The van der Waals surface area contributed by atoms with Crippen LogP contribution in [0.5, 0.6) is 17.2 Å². The van der Waals surface area contributed by atoms with Crippen LogP contribution in [0.15, 0.2) is 48.5 Å². The third-order valence-corrected chi connectivity index (χ3v) is 11.5. The number of aryl methyl sites for hydroxylation is 5. The number of H-pyrrole nitrogens is 2. The van der Waals surface area contributed by atoms with Gasteiger partial charge in [0.1, 0.15) is 17.2 Å². The molecule has 2 N–H and O–H groups in total. The molecule has 0 amide bonds. The summed E-state index contributed by atoms with van der Waals surface area (Å²) < 4.78 is 18.2. The first-order chi connectivity index (χ1) is 29.7. The predicted molar refractivity (Wildman–Crippen MR) is 253 cm³/mol. The Labute approximate surface area is 361 Å². The van der Waals surface area contributed by atoms with Crippen molar-refractivity contribution in [1.29, 1.82) is 0 Å². The van der Waals surface area contributed by atoms with Crippen LogP contribution in [-0.4, -0.2) is 40.3 Å². The van der Waals surface area contributed by atoms with Crippen molar-refractivity contribution in [2.75, 3.05) is 20.3 Å². The van der Waals surface area contributed by atoms with Crippen molar-refractivity contribution in [3.05, 3.63) is 121 Å². The Morgan fingerprint density at radius 3 is 1.56 bits per heavy atom. The third-order valence-electron chi connectivity index (χ3n) is 11.5. The molecule has 0 saturated carbocycles. The van der Waals surface area contributed by atoms with E-state index in [1.165, 1.54) is 32.1 Å². The lowest BCUT2D eigenvalue weighted by Gasteiger charge is -2.12. The van der Waals surface area contributed by atoms with Gasteiger partial charge in [-0.05, 0) is 136 Å². The van der Waals surface area contributed by atoms with Crippen molar-refractivity contribution in [2.24, 2.45) is 0 Å². The lowest BCUT2D eigenvalue weighted by Crippen LogP contribution is -2.00. The van der Waals surface area contributed by atoms with E-state index < -0.39 is 0 Å². The van der Waals surface area contributed by atoms with Crippen LogP contribution in [0.1, 0.15) is 138 Å². The molecule has 0 aliphatic carbocycles. The summed E-state index contributed by atoms with van der Waals surface area (Å²) in [6, 6.07) is 16.6. The molecule has 0 atom stereocenters. The highest BCUT2D eigenvalue weighted by Gasteiger charge is 2.15. The largest absolute Gasteiger partial charge is 0.496 e. The second-order valence-electron chi connectivity index (χ2n) is 16.1. The van der Waals surface area contributed by atoms with Gasteiger partial charge in [0.25, 0.3) is 0 Å². The number of methoxy groups -OCH3 is 1. The van der Waals surface area contributed by atoms with Gasteiger partial charge in [0.15, 0.2) is 0 Å². The van der Waals surface area contributed by atoms with Crippen LogP contribution < -0.4 is 14.2 Å². The Hall–Kier alpha value is -6.44. The number of aromatic nitrogens is 4. The van der Waals surface area contributed by atoms with Crippen LogP contribution in [0, 0.1) is 58.3 Å². The standard InChI is InChI=1S/C54H58N4O3/c1-9-11-13-15-29-60-53-33-40(35(3)31-36(53)4)17-19-42-48-25-21-44(55-48)38(6)46-23-27-50(57-46)43(51-28-24-47(58-51)39(7)45-22-26-49(42)56-45)20-18-41-32-37(5)52(59-8)34-54(41)61-30-16-14-12-10-2/h21-28,31-34,57-58H,9-16,29-30H2,1-8H3. The van der Waals surface area contributed by atoms with Gasteiger partial charge in [-0.25, -0.2) is 9.97 Å². The van der Waals surface area contributed by atoms with Crippen molar-refractivity contribution in [2.45, 2.75) is 99.8 Å². The number of rotatable bonds is 13. The van der Waals surface area contributed by atoms with Crippen LogP contribution in [0.25, 0.3) is 46.4 Å². The highest BCUT2D eigenvalue weighted by Crippen LogP contribution is 2.30. The Morgan fingerprint density at radius 2 is 0.984 bits per heavy atom. The minimum absolute atomic E-state index is 0.629. The number of ether oxygens (including phenoxy) is 3. The SMILES string of the molecule is CCCCCCOc1cc(C#Cc2c3nc(c(C)c4ccc([nH]4)c(C#Cc4cc(C)c(OC)cc4OCCCCCC)c4ccc([nH]4)c(C)c4nc2C=C4)C=C3)c(C)cc1C. The van der Waals surface area contributed by atoms with Crippen LogP contribution in [0.3, 0.4) is 0 Å². The molecule has 312 valence electrons. The summed E-state index contributed by atoms with van der Waals surface area (Å²) in [5.41, 5.74) is 15.6. The summed E-state index contributed by atoms with van der Waals surface area (Å²) in [4.78, 5) is 17.7. The number of benzene rings is 2. The van der Waals surface area contributed by atoms with E-state index in [0.717, 1.165) is 131 Å². The molecular formula is C54H58N4O3. The lowest BCUT2D eigenvalue weighted by atomic mass is 10.0. The van der Waals surface area contributed by atoms with E-state index in [1.54, 1.807) is 7.11 Å². The fourth-order valence-corrected chi connectivity index (χ4v) is 7.67. The average Bonchev–Trinajstić information content (AvgIpc) is 4.11. The molecule has 61 heavy (non-hydrogen) atoms. The van der Waals surface area contributed by atoms with Gasteiger partial charge >= 0.3 is 0 Å². The molecule has 0 unspecified atom stereocenters. The molecule has 2 aromatic carbocycles. The van der Waals surface area contributed by atoms with Gasteiger partial charge in [-0.1, -0.05) is 82.1 Å². The van der Waals surface area contributed by atoms with E-state index in [9.17, 15) is 0 Å². The molecule has 3 aromatic heterocycles. The van der Waals surface area contributed by atoms with E-state index in [1.807, 2.05) is 25.1 Å². The normalized spacial score (nSPS) is 11.5. The summed E-state index contributed by atoms with van der Waals surface area (Å²) >= 11 is 0. The summed E-state index contributed by atoms with van der Waals surface area (Å²) in [5, 5.41) is 0. The molecule has 7 nitrogen and oxygen atoms in total. The van der Waals surface area contributed by atoms with Crippen molar-refractivity contribution in [3.8, 4) is 40.9 Å². The van der Waals surface area contributed by atoms with Gasteiger partial charge in [-0.2, -0.15) is 0 Å². The van der Waals surface area contributed by atoms with Gasteiger partial charge in [-0.15, -0.1) is 0 Å². The molecule has 0 saturated heterocycles. The number of hydrogen-bond donors (Lipinski definition) is 2. The van der Waals surface area contributed by atoms with Crippen LogP contribution in [-0.2, 0) is 0 Å². The quantitative estimate of drug-likeness (QED) is 0.0895. The van der Waals surface area contributed by atoms with Crippen LogP contribution >= 0.6 is 0 Å². The van der Waals surface area contributed by atoms with Crippen molar-refractivity contribution in [3.63, 3.8) is 0 Å². The summed E-state index contributed by atoms with van der Waals surface area (Å²) in [7, 11) is 1.69. The number of hydrogen-bond acceptors (Lipinski definition) is 5. The van der Waals surface area contributed by atoms with E-state index in [-0.39, 0.29) is 0 Å². The van der Waals surface area contributed by atoms with E-state index in [2.05, 4.69) is 130 Å².